The average molecular weight is 276 g/mol. The normalized spacial score (nSPS) is 9.40. The van der Waals surface area contributed by atoms with Crippen LogP contribution in [0.1, 0.15) is 6.92 Å². The Morgan fingerprint density at radius 2 is 2.05 bits per heavy atom. The van der Waals surface area contributed by atoms with Crippen LogP contribution in [0.4, 0.5) is 10.5 Å². The molecule has 1 rings (SSSR count). The molecular formula is C14H16N2O4. The summed E-state index contributed by atoms with van der Waals surface area (Å²) in [6, 6.07) is 6.19. The van der Waals surface area contributed by atoms with Gasteiger partial charge in [-0.15, -0.1) is 6.42 Å². The van der Waals surface area contributed by atoms with Crippen LogP contribution in [0.15, 0.2) is 24.3 Å². The maximum absolute atomic E-state index is 11.9. The second kappa shape index (κ2) is 7.69. The third-order valence-electron chi connectivity index (χ3n) is 2.31. The van der Waals surface area contributed by atoms with Crippen molar-refractivity contribution in [2.24, 2.45) is 0 Å². The summed E-state index contributed by atoms with van der Waals surface area (Å²) >= 11 is 0. The zero-order valence-electron chi connectivity index (χ0n) is 11.1. The van der Waals surface area contributed by atoms with Crippen LogP contribution in [0.25, 0.3) is 0 Å². The van der Waals surface area contributed by atoms with Gasteiger partial charge in [0.15, 0.2) is 0 Å². The zero-order chi connectivity index (χ0) is 15.0. The van der Waals surface area contributed by atoms with Crippen molar-refractivity contribution in [2.45, 2.75) is 6.92 Å². The number of carboxylic acids is 1. The number of nitrogens with one attached hydrogen (secondary N) is 1. The average Bonchev–Trinajstić information content (AvgIpc) is 2.40. The number of hydrogen-bond acceptors (Lipinski definition) is 3. The Morgan fingerprint density at radius 1 is 1.40 bits per heavy atom. The topological polar surface area (TPSA) is 78.9 Å². The van der Waals surface area contributed by atoms with Gasteiger partial charge in [0.05, 0.1) is 13.2 Å². The Hall–Kier alpha value is -2.68. The lowest BCUT2D eigenvalue weighted by molar-refractivity contribution is -0.137. The number of rotatable bonds is 6. The molecule has 0 aliphatic rings. The van der Waals surface area contributed by atoms with E-state index in [0.29, 0.717) is 18.0 Å². The smallest absolute Gasteiger partial charge is 0.323 e. The Balaban J connectivity index is 2.67. The highest BCUT2D eigenvalue weighted by atomic mass is 16.5. The molecule has 20 heavy (non-hydrogen) atoms. The third-order valence-corrected chi connectivity index (χ3v) is 2.31. The summed E-state index contributed by atoms with van der Waals surface area (Å²) in [6.45, 7) is 1.90. The number of amides is 2. The van der Waals surface area contributed by atoms with Crippen LogP contribution in [-0.2, 0) is 4.79 Å². The fourth-order valence-corrected chi connectivity index (χ4v) is 1.48. The summed E-state index contributed by atoms with van der Waals surface area (Å²) in [5.41, 5.74) is 0.533. The van der Waals surface area contributed by atoms with Gasteiger partial charge in [-0.2, -0.15) is 0 Å². The Labute approximate surface area is 117 Å². The molecular weight excluding hydrogens is 260 g/mol. The van der Waals surface area contributed by atoms with E-state index < -0.39 is 18.5 Å². The molecule has 0 atom stereocenters. The summed E-state index contributed by atoms with van der Waals surface area (Å²) in [5.74, 6) is 1.82. The molecule has 0 aliphatic carbocycles. The van der Waals surface area contributed by atoms with Gasteiger partial charge in [-0.1, -0.05) is 5.92 Å². The van der Waals surface area contributed by atoms with Crippen molar-refractivity contribution in [1.29, 1.82) is 0 Å². The van der Waals surface area contributed by atoms with E-state index in [9.17, 15) is 9.59 Å². The molecule has 0 aliphatic heterocycles. The first-order valence-corrected chi connectivity index (χ1v) is 6.00. The molecule has 0 radical (unpaired) electrons. The second-order valence-electron chi connectivity index (χ2n) is 3.84. The molecule has 2 amide bonds. The zero-order valence-corrected chi connectivity index (χ0v) is 11.1. The predicted molar refractivity (Wildman–Crippen MR) is 74.7 cm³/mol. The van der Waals surface area contributed by atoms with Crippen LogP contribution >= 0.6 is 0 Å². The monoisotopic (exact) mass is 276 g/mol. The summed E-state index contributed by atoms with van der Waals surface area (Å²) in [7, 11) is 0. The highest BCUT2D eigenvalue weighted by Gasteiger charge is 2.15. The van der Waals surface area contributed by atoms with Crippen LogP contribution < -0.4 is 10.1 Å². The number of nitrogens with zero attached hydrogens (tertiary/aromatic N) is 1. The van der Waals surface area contributed by atoms with E-state index in [0.717, 1.165) is 4.90 Å². The van der Waals surface area contributed by atoms with Crippen molar-refractivity contribution in [1.82, 2.24) is 4.90 Å². The second-order valence-corrected chi connectivity index (χ2v) is 3.84. The first-order chi connectivity index (χ1) is 9.56. The number of ether oxygens (including phenoxy) is 1. The van der Waals surface area contributed by atoms with Gasteiger partial charge in [-0.05, 0) is 31.2 Å². The van der Waals surface area contributed by atoms with Crippen molar-refractivity contribution < 1.29 is 19.4 Å². The fraction of sp³-hybridized carbons (Fsp3) is 0.286. The lowest BCUT2D eigenvalue weighted by Gasteiger charge is -2.18. The highest BCUT2D eigenvalue weighted by molar-refractivity contribution is 5.91. The van der Waals surface area contributed by atoms with Crippen LogP contribution in [-0.4, -0.2) is 41.7 Å². The molecule has 0 bridgehead atoms. The van der Waals surface area contributed by atoms with Crippen molar-refractivity contribution in [3.8, 4) is 18.1 Å². The van der Waals surface area contributed by atoms with Crippen LogP contribution in [0, 0.1) is 12.3 Å². The van der Waals surface area contributed by atoms with Gasteiger partial charge < -0.3 is 20.1 Å². The highest BCUT2D eigenvalue weighted by Crippen LogP contribution is 2.15. The molecule has 0 aromatic heterocycles. The summed E-state index contributed by atoms with van der Waals surface area (Å²) in [5, 5.41) is 11.3. The SMILES string of the molecule is C#CCN(CC(=O)O)C(=O)Nc1ccc(OCC)cc1. The molecule has 6 heteroatoms. The number of carbonyl (C=O) groups is 2. The van der Waals surface area contributed by atoms with E-state index in [1.165, 1.54) is 0 Å². The van der Waals surface area contributed by atoms with E-state index in [2.05, 4.69) is 11.2 Å². The maximum atomic E-state index is 11.9. The Morgan fingerprint density at radius 3 is 2.55 bits per heavy atom. The van der Waals surface area contributed by atoms with E-state index in [-0.39, 0.29) is 6.54 Å². The molecule has 106 valence electrons. The van der Waals surface area contributed by atoms with E-state index >= 15 is 0 Å². The van der Waals surface area contributed by atoms with Gasteiger partial charge in [0, 0.05) is 5.69 Å². The third kappa shape index (κ3) is 4.90. The van der Waals surface area contributed by atoms with Gasteiger partial charge in [0.1, 0.15) is 12.3 Å². The molecule has 0 saturated heterocycles. The molecule has 0 heterocycles. The number of aliphatic carboxylic acids is 1. The molecule has 0 saturated carbocycles. The molecule has 0 unspecified atom stereocenters. The van der Waals surface area contributed by atoms with E-state index in [4.69, 9.17) is 16.3 Å². The van der Waals surface area contributed by atoms with Crippen molar-refractivity contribution >= 4 is 17.7 Å². The Bertz CT molecular complexity index is 505. The number of urea groups is 1. The van der Waals surface area contributed by atoms with Gasteiger partial charge >= 0.3 is 12.0 Å². The Kier molecular flexibility index (Phi) is 5.91. The van der Waals surface area contributed by atoms with Crippen LogP contribution in [0.5, 0.6) is 5.75 Å². The molecule has 6 nitrogen and oxygen atoms in total. The largest absolute Gasteiger partial charge is 0.494 e. The van der Waals surface area contributed by atoms with Crippen molar-refractivity contribution in [3.05, 3.63) is 24.3 Å². The number of carbonyl (C=O) groups excluding carboxylic acids is 1. The van der Waals surface area contributed by atoms with Crippen molar-refractivity contribution in [2.75, 3.05) is 25.0 Å². The molecule has 2 N–H and O–H groups in total. The standard InChI is InChI=1S/C14H16N2O4/c1-3-9-16(10-13(17)18)14(19)15-11-5-7-12(8-6-11)20-4-2/h1,5-8H,4,9-10H2,2H3,(H,15,19)(H,17,18). The first-order valence-electron chi connectivity index (χ1n) is 6.00. The number of benzene rings is 1. The van der Waals surface area contributed by atoms with Crippen molar-refractivity contribution in [3.63, 3.8) is 0 Å². The number of hydrogen-bond donors (Lipinski definition) is 2. The number of carboxylic acid groups (broad SMARTS) is 1. The van der Waals surface area contributed by atoms with Crippen LogP contribution in [0.3, 0.4) is 0 Å². The lowest BCUT2D eigenvalue weighted by Crippen LogP contribution is -2.39. The summed E-state index contributed by atoms with van der Waals surface area (Å²) < 4.78 is 5.28. The van der Waals surface area contributed by atoms with Gasteiger partial charge in [0.25, 0.3) is 0 Å². The first kappa shape index (κ1) is 15.4. The molecule has 0 spiro atoms. The molecule has 1 aromatic rings. The summed E-state index contributed by atoms with van der Waals surface area (Å²) in [4.78, 5) is 23.6. The summed E-state index contributed by atoms with van der Waals surface area (Å²) in [6.07, 6.45) is 5.11. The van der Waals surface area contributed by atoms with Crippen LogP contribution in [0.2, 0.25) is 0 Å². The number of anilines is 1. The minimum Gasteiger partial charge on any atom is -0.494 e. The van der Waals surface area contributed by atoms with Gasteiger partial charge in [0.2, 0.25) is 0 Å². The minimum atomic E-state index is -1.12. The van der Waals surface area contributed by atoms with E-state index in [1.807, 2.05) is 6.92 Å². The fourth-order valence-electron chi connectivity index (χ4n) is 1.48. The van der Waals surface area contributed by atoms with E-state index in [1.54, 1.807) is 24.3 Å². The maximum Gasteiger partial charge on any atom is 0.323 e. The minimum absolute atomic E-state index is 0.0742. The quantitative estimate of drug-likeness (QED) is 0.774. The molecule has 0 fully saturated rings. The van der Waals surface area contributed by atoms with Gasteiger partial charge in [-0.25, -0.2) is 4.79 Å². The van der Waals surface area contributed by atoms with Gasteiger partial charge in [-0.3, -0.25) is 4.79 Å². The lowest BCUT2D eigenvalue weighted by atomic mass is 10.3. The molecule has 1 aromatic carbocycles. The number of terminal acetylenes is 1. The predicted octanol–water partition coefficient (Wildman–Crippen LogP) is 1.64.